The predicted octanol–water partition coefficient (Wildman–Crippen LogP) is 4.84. The molecular formula is C19H22O2. The molecule has 2 aromatic rings. The van der Waals surface area contributed by atoms with Crippen molar-refractivity contribution in [2.45, 2.75) is 38.4 Å². The topological polar surface area (TPSA) is 18.5 Å². The minimum Gasteiger partial charge on any atom is -0.348 e. The molecular weight excluding hydrogens is 260 g/mol. The van der Waals surface area contributed by atoms with Gasteiger partial charge in [0.05, 0.1) is 13.2 Å². The Labute approximate surface area is 126 Å². The first-order valence-electron chi connectivity index (χ1n) is 8.07. The molecule has 2 heteroatoms. The van der Waals surface area contributed by atoms with E-state index in [4.69, 9.17) is 9.47 Å². The van der Waals surface area contributed by atoms with Gasteiger partial charge in [-0.25, -0.2) is 0 Å². The van der Waals surface area contributed by atoms with E-state index in [2.05, 4.69) is 42.5 Å². The average molecular weight is 282 g/mol. The fourth-order valence-corrected chi connectivity index (χ4v) is 3.73. The van der Waals surface area contributed by atoms with Crippen LogP contribution in [0.25, 0.3) is 10.8 Å². The van der Waals surface area contributed by atoms with E-state index in [-0.39, 0.29) is 6.29 Å². The largest absolute Gasteiger partial charge is 0.348 e. The van der Waals surface area contributed by atoms with E-state index in [1.807, 2.05) is 0 Å². The zero-order valence-corrected chi connectivity index (χ0v) is 12.4. The first kappa shape index (κ1) is 13.3. The number of benzene rings is 2. The molecule has 2 fully saturated rings. The average Bonchev–Trinajstić information content (AvgIpc) is 2.56. The van der Waals surface area contributed by atoms with Crippen LogP contribution >= 0.6 is 0 Å². The van der Waals surface area contributed by atoms with Crippen LogP contribution in [-0.2, 0) is 9.47 Å². The van der Waals surface area contributed by atoms with E-state index >= 15 is 0 Å². The second kappa shape index (κ2) is 5.43. The minimum absolute atomic E-state index is 0.192. The van der Waals surface area contributed by atoms with Crippen molar-refractivity contribution in [2.75, 3.05) is 13.2 Å². The summed E-state index contributed by atoms with van der Waals surface area (Å²) >= 11 is 0. The van der Waals surface area contributed by atoms with Gasteiger partial charge in [-0.05, 0) is 29.7 Å². The lowest BCUT2D eigenvalue weighted by atomic mass is 9.75. The second-order valence-corrected chi connectivity index (χ2v) is 6.62. The molecule has 2 aliphatic rings. The van der Waals surface area contributed by atoms with Crippen molar-refractivity contribution in [1.82, 2.24) is 0 Å². The van der Waals surface area contributed by atoms with Crippen LogP contribution < -0.4 is 0 Å². The summed E-state index contributed by atoms with van der Waals surface area (Å²) in [5, 5.41) is 2.51. The molecule has 0 radical (unpaired) electrons. The molecule has 2 nitrogen and oxygen atoms in total. The summed E-state index contributed by atoms with van der Waals surface area (Å²) in [4.78, 5) is 0. The molecule has 0 aromatic heterocycles. The standard InChI is InChI=1S/C19H22O2/c1-4-10-19(11-5-1)13-20-18(21-14-19)17-9-8-15-6-2-3-7-16(15)12-17/h2-3,6-9,12,18H,1,4-5,10-11,13-14H2. The Morgan fingerprint density at radius 3 is 2.29 bits per heavy atom. The normalized spacial score (nSPS) is 22.7. The summed E-state index contributed by atoms with van der Waals surface area (Å²) in [5.74, 6) is 0. The Hall–Kier alpha value is -1.38. The van der Waals surface area contributed by atoms with Crippen LogP contribution in [0.4, 0.5) is 0 Å². The van der Waals surface area contributed by atoms with Crippen LogP contribution in [-0.4, -0.2) is 13.2 Å². The Kier molecular flexibility index (Phi) is 3.44. The van der Waals surface area contributed by atoms with Gasteiger partial charge in [0.1, 0.15) is 0 Å². The van der Waals surface area contributed by atoms with Crippen LogP contribution in [0, 0.1) is 5.41 Å². The number of fused-ring (bicyclic) bond motifs is 1. The summed E-state index contributed by atoms with van der Waals surface area (Å²) in [6, 6.07) is 14.9. The third-order valence-corrected chi connectivity index (χ3v) is 5.04. The van der Waals surface area contributed by atoms with Gasteiger partial charge in [-0.2, -0.15) is 0 Å². The second-order valence-electron chi connectivity index (χ2n) is 6.62. The van der Waals surface area contributed by atoms with Crippen molar-refractivity contribution < 1.29 is 9.47 Å². The highest BCUT2D eigenvalue weighted by Gasteiger charge is 2.38. The molecule has 1 spiro atoms. The molecule has 0 unspecified atom stereocenters. The molecule has 110 valence electrons. The van der Waals surface area contributed by atoms with E-state index in [1.165, 1.54) is 42.9 Å². The molecule has 0 N–H and O–H groups in total. The van der Waals surface area contributed by atoms with Gasteiger partial charge < -0.3 is 9.47 Å². The smallest absolute Gasteiger partial charge is 0.183 e. The van der Waals surface area contributed by atoms with Gasteiger partial charge >= 0.3 is 0 Å². The lowest BCUT2D eigenvalue weighted by Crippen LogP contribution is -2.40. The first-order valence-corrected chi connectivity index (χ1v) is 8.07. The maximum absolute atomic E-state index is 6.08. The molecule has 1 aliphatic heterocycles. The van der Waals surface area contributed by atoms with Crippen LogP contribution in [0.1, 0.15) is 44.0 Å². The summed E-state index contributed by atoms with van der Waals surface area (Å²) in [5.41, 5.74) is 1.44. The maximum Gasteiger partial charge on any atom is 0.183 e. The number of hydrogen-bond acceptors (Lipinski definition) is 2. The predicted molar refractivity (Wildman–Crippen MR) is 84.1 cm³/mol. The van der Waals surface area contributed by atoms with Crippen molar-refractivity contribution in [2.24, 2.45) is 5.41 Å². The lowest BCUT2D eigenvalue weighted by molar-refractivity contribution is -0.240. The molecule has 0 amide bonds. The quantitative estimate of drug-likeness (QED) is 0.745. The molecule has 1 saturated heterocycles. The Bertz CT molecular complexity index is 618. The molecule has 0 bridgehead atoms. The van der Waals surface area contributed by atoms with Gasteiger partial charge in [0.25, 0.3) is 0 Å². The van der Waals surface area contributed by atoms with Crippen LogP contribution in [0.3, 0.4) is 0 Å². The molecule has 0 atom stereocenters. The zero-order valence-electron chi connectivity index (χ0n) is 12.4. The van der Waals surface area contributed by atoms with Crippen molar-refractivity contribution >= 4 is 10.8 Å². The van der Waals surface area contributed by atoms with E-state index in [9.17, 15) is 0 Å². The fourth-order valence-electron chi connectivity index (χ4n) is 3.73. The van der Waals surface area contributed by atoms with E-state index in [0.717, 1.165) is 18.8 Å². The Morgan fingerprint density at radius 1 is 0.810 bits per heavy atom. The van der Waals surface area contributed by atoms with Crippen LogP contribution in [0.5, 0.6) is 0 Å². The molecule has 2 aromatic carbocycles. The number of ether oxygens (including phenoxy) is 2. The molecule has 1 aliphatic carbocycles. The SMILES string of the molecule is c1ccc2cc(C3OCC4(CCCCC4)CO3)ccc2c1. The van der Waals surface area contributed by atoms with Crippen molar-refractivity contribution in [3.05, 3.63) is 48.0 Å². The molecule has 21 heavy (non-hydrogen) atoms. The number of rotatable bonds is 1. The van der Waals surface area contributed by atoms with Crippen molar-refractivity contribution in [1.29, 1.82) is 0 Å². The minimum atomic E-state index is -0.192. The lowest BCUT2D eigenvalue weighted by Gasteiger charge is -2.42. The Balaban J connectivity index is 1.51. The summed E-state index contributed by atoms with van der Waals surface area (Å²) < 4.78 is 12.2. The van der Waals surface area contributed by atoms with Crippen LogP contribution in [0.15, 0.2) is 42.5 Å². The van der Waals surface area contributed by atoms with Gasteiger partial charge in [0.15, 0.2) is 6.29 Å². The number of hydrogen-bond donors (Lipinski definition) is 0. The third-order valence-electron chi connectivity index (χ3n) is 5.04. The fraction of sp³-hybridized carbons (Fsp3) is 0.474. The van der Waals surface area contributed by atoms with E-state index in [1.54, 1.807) is 0 Å². The van der Waals surface area contributed by atoms with Gasteiger partial charge in [-0.3, -0.25) is 0 Å². The van der Waals surface area contributed by atoms with E-state index < -0.39 is 0 Å². The highest BCUT2D eigenvalue weighted by molar-refractivity contribution is 5.83. The zero-order chi connectivity index (χ0) is 14.1. The molecule has 4 rings (SSSR count). The molecule has 1 saturated carbocycles. The Morgan fingerprint density at radius 2 is 1.52 bits per heavy atom. The van der Waals surface area contributed by atoms with Gasteiger partial charge in [-0.15, -0.1) is 0 Å². The van der Waals surface area contributed by atoms with Gasteiger partial charge in [-0.1, -0.05) is 55.7 Å². The van der Waals surface area contributed by atoms with Gasteiger partial charge in [0.2, 0.25) is 0 Å². The summed E-state index contributed by atoms with van der Waals surface area (Å²) in [6.45, 7) is 1.70. The first-order chi connectivity index (χ1) is 10.3. The highest BCUT2D eigenvalue weighted by Crippen LogP contribution is 2.42. The summed E-state index contributed by atoms with van der Waals surface area (Å²) in [6.07, 6.45) is 6.35. The monoisotopic (exact) mass is 282 g/mol. The van der Waals surface area contributed by atoms with Crippen molar-refractivity contribution in [3.8, 4) is 0 Å². The van der Waals surface area contributed by atoms with Crippen molar-refractivity contribution in [3.63, 3.8) is 0 Å². The molecule has 1 heterocycles. The van der Waals surface area contributed by atoms with E-state index in [0.29, 0.717) is 5.41 Å². The van der Waals surface area contributed by atoms with Gasteiger partial charge in [0, 0.05) is 11.0 Å². The van der Waals surface area contributed by atoms with Crippen LogP contribution in [0.2, 0.25) is 0 Å². The summed E-state index contributed by atoms with van der Waals surface area (Å²) in [7, 11) is 0. The third kappa shape index (κ3) is 2.58. The maximum atomic E-state index is 6.08. The highest BCUT2D eigenvalue weighted by atomic mass is 16.7.